The van der Waals surface area contributed by atoms with Crippen molar-refractivity contribution in [3.05, 3.63) is 29.8 Å². The Labute approximate surface area is 127 Å². The van der Waals surface area contributed by atoms with Crippen molar-refractivity contribution in [3.8, 4) is 0 Å². The lowest BCUT2D eigenvalue weighted by molar-refractivity contribution is -0.172. The van der Waals surface area contributed by atoms with Crippen LogP contribution >= 0.6 is 22.6 Å². The van der Waals surface area contributed by atoms with Gasteiger partial charge in [-0.15, -0.1) is 5.06 Å². The molecule has 0 aliphatic carbocycles. The number of benzene rings is 1. The first kappa shape index (κ1) is 14.4. The summed E-state index contributed by atoms with van der Waals surface area (Å²) < 4.78 is -0.258. The molecule has 2 rings (SSSR count). The predicted molar refractivity (Wildman–Crippen MR) is 76.0 cm³/mol. The summed E-state index contributed by atoms with van der Waals surface area (Å²) in [5, 5.41) is 3.02. The maximum atomic E-state index is 11.8. The van der Waals surface area contributed by atoms with E-state index in [9.17, 15) is 19.2 Å². The van der Waals surface area contributed by atoms with Crippen molar-refractivity contribution >= 4 is 50.0 Å². The molecule has 1 aliphatic heterocycles. The van der Waals surface area contributed by atoms with Crippen LogP contribution in [0.2, 0.25) is 0 Å². The number of carbonyl (C=O) groups excluding carboxylic acids is 4. The highest BCUT2D eigenvalue weighted by atomic mass is 127. The molecule has 1 aliphatic rings. The van der Waals surface area contributed by atoms with Gasteiger partial charge in [-0.05, 0) is 24.3 Å². The van der Waals surface area contributed by atoms with E-state index in [1.165, 1.54) is 24.3 Å². The van der Waals surface area contributed by atoms with Gasteiger partial charge in [-0.25, -0.2) is 4.79 Å². The second kappa shape index (κ2) is 5.99. The number of hydrogen-bond donors (Lipinski definition) is 1. The Morgan fingerprint density at radius 3 is 2.15 bits per heavy atom. The number of carbonyl (C=O) groups is 4. The molecule has 0 aromatic heterocycles. The number of imide groups is 1. The van der Waals surface area contributed by atoms with Gasteiger partial charge in [-0.2, -0.15) is 0 Å². The average Bonchev–Trinajstić information content (AvgIpc) is 2.70. The standard InChI is InChI=1S/C12H9IN2O5/c13-12(19)14-8-3-1-7(2-4-8)11(18)20-15-9(16)5-6-10(15)17/h1-4H,5-6H2,(H,14,19). The molecule has 1 saturated heterocycles. The van der Waals surface area contributed by atoms with Gasteiger partial charge in [-0.3, -0.25) is 14.4 Å². The van der Waals surface area contributed by atoms with Crippen LogP contribution < -0.4 is 5.32 Å². The van der Waals surface area contributed by atoms with Crippen molar-refractivity contribution in [2.24, 2.45) is 0 Å². The van der Waals surface area contributed by atoms with Crippen LogP contribution in [0.15, 0.2) is 24.3 Å². The number of nitrogens with zero attached hydrogens (tertiary/aromatic N) is 1. The highest BCUT2D eigenvalue weighted by Crippen LogP contribution is 2.16. The number of anilines is 1. The molecule has 0 spiro atoms. The molecular weight excluding hydrogens is 379 g/mol. The zero-order chi connectivity index (χ0) is 14.7. The van der Waals surface area contributed by atoms with E-state index in [-0.39, 0.29) is 22.3 Å². The van der Waals surface area contributed by atoms with E-state index >= 15 is 0 Å². The lowest BCUT2D eigenvalue weighted by Gasteiger charge is -2.12. The van der Waals surface area contributed by atoms with Crippen molar-refractivity contribution in [3.63, 3.8) is 0 Å². The Morgan fingerprint density at radius 1 is 1.10 bits per heavy atom. The predicted octanol–water partition coefficient (Wildman–Crippen LogP) is 1.87. The van der Waals surface area contributed by atoms with E-state index in [0.29, 0.717) is 10.8 Å². The van der Waals surface area contributed by atoms with Crippen molar-refractivity contribution in [2.45, 2.75) is 12.8 Å². The van der Waals surface area contributed by atoms with Crippen LogP contribution in [0.4, 0.5) is 10.5 Å². The van der Waals surface area contributed by atoms with Crippen molar-refractivity contribution in [1.29, 1.82) is 0 Å². The molecular formula is C12H9IN2O5. The van der Waals surface area contributed by atoms with Crippen molar-refractivity contribution in [1.82, 2.24) is 5.06 Å². The minimum absolute atomic E-state index is 0.0484. The van der Waals surface area contributed by atoms with Crippen molar-refractivity contribution in [2.75, 3.05) is 5.32 Å². The van der Waals surface area contributed by atoms with Crippen LogP contribution in [0.3, 0.4) is 0 Å². The summed E-state index contributed by atoms with van der Waals surface area (Å²) in [5.41, 5.74) is 0.693. The molecule has 0 saturated carbocycles. The summed E-state index contributed by atoms with van der Waals surface area (Å²) in [6, 6.07) is 5.88. The normalized spacial score (nSPS) is 14.3. The van der Waals surface area contributed by atoms with Gasteiger partial charge in [0, 0.05) is 41.1 Å². The third-order valence-electron chi connectivity index (χ3n) is 2.54. The molecule has 0 atom stereocenters. The summed E-state index contributed by atoms with van der Waals surface area (Å²) in [5.74, 6) is -1.87. The minimum atomic E-state index is -0.805. The fraction of sp³-hybridized carbons (Fsp3) is 0.167. The smallest absolute Gasteiger partial charge is 0.325 e. The summed E-state index contributed by atoms with van der Waals surface area (Å²) in [6.07, 6.45) is 0.0967. The first-order valence-corrected chi connectivity index (χ1v) is 6.70. The molecule has 104 valence electrons. The number of hydrogen-bond acceptors (Lipinski definition) is 5. The SMILES string of the molecule is O=C(I)Nc1ccc(C(=O)ON2C(=O)CCC2=O)cc1. The summed E-state index contributed by atoms with van der Waals surface area (Å²) >= 11 is 1.58. The van der Waals surface area contributed by atoms with E-state index in [1.54, 1.807) is 22.6 Å². The molecule has 0 radical (unpaired) electrons. The van der Waals surface area contributed by atoms with E-state index < -0.39 is 17.8 Å². The van der Waals surface area contributed by atoms with Gasteiger partial charge in [0.15, 0.2) is 0 Å². The third kappa shape index (κ3) is 3.32. The first-order chi connectivity index (χ1) is 9.47. The zero-order valence-electron chi connectivity index (χ0n) is 10.1. The fourth-order valence-corrected chi connectivity index (χ4v) is 1.91. The Bertz CT molecular complexity index is 568. The highest BCUT2D eigenvalue weighted by Gasteiger charge is 2.33. The quantitative estimate of drug-likeness (QED) is 0.370. The number of hydroxylamine groups is 2. The zero-order valence-corrected chi connectivity index (χ0v) is 12.2. The number of nitrogens with one attached hydrogen (secondary N) is 1. The molecule has 0 bridgehead atoms. The Kier molecular flexibility index (Phi) is 4.32. The van der Waals surface area contributed by atoms with E-state index in [1.807, 2.05) is 0 Å². The number of amides is 3. The molecule has 1 aromatic carbocycles. The summed E-state index contributed by atoms with van der Waals surface area (Å²) in [7, 11) is 0. The van der Waals surface area contributed by atoms with Crippen molar-refractivity contribution < 1.29 is 24.0 Å². The topological polar surface area (TPSA) is 92.8 Å². The van der Waals surface area contributed by atoms with Gasteiger partial charge >= 0.3 is 5.97 Å². The maximum Gasteiger partial charge on any atom is 0.363 e. The molecule has 1 aromatic rings. The van der Waals surface area contributed by atoms with Crippen LogP contribution in [0.1, 0.15) is 23.2 Å². The minimum Gasteiger partial charge on any atom is -0.325 e. The third-order valence-corrected chi connectivity index (χ3v) is 2.81. The molecule has 1 fully saturated rings. The molecule has 1 N–H and O–H groups in total. The highest BCUT2D eigenvalue weighted by molar-refractivity contribution is 14.1. The molecule has 7 nitrogen and oxygen atoms in total. The first-order valence-electron chi connectivity index (χ1n) is 5.62. The molecule has 1 heterocycles. The van der Waals surface area contributed by atoms with Crippen LogP contribution in [0.5, 0.6) is 0 Å². The Morgan fingerprint density at radius 2 is 1.65 bits per heavy atom. The van der Waals surface area contributed by atoms with Gasteiger partial charge < -0.3 is 10.2 Å². The second-order valence-electron chi connectivity index (χ2n) is 3.94. The van der Waals surface area contributed by atoms with Crippen LogP contribution in [0.25, 0.3) is 0 Å². The van der Waals surface area contributed by atoms with Crippen LogP contribution in [0, 0.1) is 0 Å². The molecule has 20 heavy (non-hydrogen) atoms. The van der Waals surface area contributed by atoms with Gasteiger partial charge in [0.2, 0.25) is 0 Å². The van der Waals surface area contributed by atoms with Crippen LogP contribution in [-0.4, -0.2) is 26.8 Å². The largest absolute Gasteiger partial charge is 0.363 e. The second-order valence-corrected chi connectivity index (χ2v) is 4.92. The van der Waals surface area contributed by atoms with Gasteiger partial charge in [0.05, 0.1) is 5.56 Å². The monoisotopic (exact) mass is 388 g/mol. The van der Waals surface area contributed by atoms with E-state index in [4.69, 9.17) is 4.84 Å². The average molecular weight is 388 g/mol. The Hall–Kier alpha value is -1.97. The van der Waals surface area contributed by atoms with E-state index in [0.717, 1.165) is 0 Å². The van der Waals surface area contributed by atoms with Gasteiger partial charge in [-0.1, -0.05) is 0 Å². The number of halogens is 1. The Balaban J connectivity index is 2.04. The fourth-order valence-electron chi connectivity index (χ4n) is 1.60. The molecule has 3 amide bonds. The lowest BCUT2D eigenvalue weighted by atomic mass is 10.2. The lowest BCUT2D eigenvalue weighted by Crippen LogP contribution is -2.32. The number of rotatable bonds is 3. The molecule has 8 heteroatoms. The van der Waals surface area contributed by atoms with Gasteiger partial charge in [0.1, 0.15) is 0 Å². The summed E-state index contributed by atoms with van der Waals surface area (Å²) in [4.78, 5) is 50.0. The maximum absolute atomic E-state index is 11.8. The van der Waals surface area contributed by atoms with E-state index in [2.05, 4.69) is 5.32 Å². The summed E-state index contributed by atoms with van der Waals surface area (Å²) in [6.45, 7) is 0. The van der Waals surface area contributed by atoms with Crippen LogP contribution in [-0.2, 0) is 14.4 Å². The molecule has 0 unspecified atom stereocenters. The van der Waals surface area contributed by atoms with Gasteiger partial charge in [0.25, 0.3) is 15.7 Å².